The maximum Gasteiger partial charge on any atom is 2.00 e. The molecule has 9 aromatic rings. The summed E-state index contributed by atoms with van der Waals surface area (Å²) in [4.78, 5) is 4.97. The van der Waals surface area contributed by atoms with Crippen molar-refractivity contribution in [2.45, 2.75) is 41.5 Å². The monoisotopic (exact) mass is 845 g/mol. The number of fused-ring (bicyclic) bond motifs is 6. The molecule has 0 aliphatic carbocycles. The van der Waals surface area contributed by atoms with Crippen LogP contribution in [-0.2, 0) is 21.1 Å². The average Bonchev–Trinajstić information content (AvgIpc) is 3.78. The van der Waals surface area contributed by atoms with Gasteiger partial charge in [-0.05, 0) is 87.0 Å². The smallest absolute Gasteiger partial charge is 0.509 e. The van der Waals surface area contributed by atoms with Crippen molar-refractivity contribution in [2.24, 2.45) is 0 Å². The van der Waals surface area contributed by atoms with Gasteiger partial charge in [-0.1, -0.05) is 53.2 Å². The minimum Gasteiger partial charge on any atom is -0.509 e. The maximum atomic E-state index is 6.40. The van der Waals surface area contributed by atoms with E-state index >= 15 is 0 Å². The number of nitrogens with zero attached hydrogens (tertiary/aromatic N) is 6. The third-order valence-corrected chi connectivity index (χ3v) is 9.97. The van der Waals surface area contributed by atoms with Gasteiger partial charge in [0.1, 0.15) is 5.82 Å². The molecule has 0 N–H and O–H groups in total. The van der Waals surface area contributed by atoms with Crippen LogP contribution in [0.2, 0.25) is 0 Å². The average molecular weight is 846 g/mol. The fraction of sp³-hybridized carbons (Fsp3) is 0.140. The predicted octanol–water partition coefficient (Wildman–Crippen LogP) is 10.1. The summed E-state index contributed by atoms with van der Waals surface area (Å²) in [6.45, 7) is 12.8. The molecule has 0 bridgehead atoms. The second-order valence-corrected chi connectivity index (χ2v) is 13.2. The molecule has 9 rings (SSSR count). The van der Waals surface area contributed by atoms with Crippen molar-refractivity contribution in [2.75, 3.05) is 0 Å². The predicted molar refractivity (Wildman–Crippen MR) is 200 cm³/mol. The first-order valence-corrected chi connectivity index (χ1v) is 16.8. The fourth-order valence-electron chi connectivity index (χ4n) is 7.38. The fourth-order valence-corrected chi connectivity index (χ4v) is 7.38. The van der Waals surface area contributed by atoms with Gasteiger partial charge in [0.05, 0.1) is 28.1 Å². The van der Waals surface area contributed by atoms with Crippen molar-refractivity contribution in [3.63, 3.8) is 0 Å². The first-order valence-electron chi connectivity index (χ1n) is 16.8. The quantitative estimate of drug-likeness (QED) is 0.162. The Hall–Kier alpha value is -5.52. The molecule has 51 heavy (non-hydrogen) atoms. The summed E-state index contributed by atoms with van der Waals surface area (Å²) < 4.78 is 12.8. The van der Waals surface area contributed by atoms with E-state index in [1.54, 1.807) is 4.68 Å². The van der Waals surface area contributed by atoms with Crippen molar-refractivity contribution in [1.82, 2.24) is 29.1 Å². The van der Waals surface area contributed by atoms with E-state index in [1.807, 2.05) is 44.3 Å². The zero-order valence-electron chi connectivity index (χ0n) is 29.1. The molecule has 0 amide bonds. The van der Waals surface area contributed by atoms with Gasteiger partial charge in [0, 0.05) is 40.1 Å². The van der Waals surface area contributed by atoms with E-state index in [2.05, 4.69) is 126 Å². The van der Waals surface area contributed by atoms with Gasteiger partial charge >= 0.3 is 21.1 Å². The molecule has 0 fully saturated rings. The van der Waals surface area contributed by atoms with Crippen LogP contribution in [0.25, 0.3) is 60.8 Å². The Balaban J connectivity index is 0.00000374. The van der Waals surface area contributed by atoms with E-state index in [-0.39, 0.29) is 21.1 Å². The topological polar surface area (TPSA) is 62.7 Å². The molecule has 5 aromatic carbocycles. The summed E-state index contributed by atoms with van der Waals surface area (Å²) in [5.41, 5.74) is 13.1. The van der Waals surface area contributed by atoms with Crippen LogP contribution in [0.15, 0.2) is 97.2 Å². The van der Waals surface area contributed by atoms with Crippen molar-refractivity contribution in [3.8, 4) is 28.7 Å². The SMILES string of the molecule is Cc1nnn(-c2[c-]c(Oc3[c-]c4c(cc3)c3ccccc3n4-c3cc(-n4c5c(C)ccc(C)c5c5c(C)ccc(C)c54)ccn3)ccc2)c1C.[Pt+2]. The zero-order valence-corrected chi connectivity index (χ0v) is 31.4. The first kappa shape index (κ1) is 32.7. The van der Waals surface area contributed by atoms with Gasteiger partial charge in [0.25, 0.3) is 0 Å². The second kappa shape index (κ2) is 12.4. The van der Waals surface area contributed by atoms with Crippen LogP contribution in [0.5, 0.6) is 11.5 Å². The van der Waals surface area contributed by atoms with Gasteiger partial charge in [-0.15, -0.1) is 40.8 Å². The molecule has 0 spiro atoms. The van der Waals surface area contributed by atoms with Crippen LogP contribution < -0.4 is 4.74 Å². The molecule has 7 nitrogen and oxygen atoms in total. The Morgan fingerprint density at radius 3 is 2.02 bits per heavy atom. The maximum absolute atomic E-state index is 6.40. The van der Waals surface area contributed by atoms with Crippen LogP contribution in [-0.4, -0.2) is 29.1 Å². The van der Waals surface area contributed by atoms with Gasteiger partial charge in [-0.2, -0.15) is 12.1 Å². The minimum atomic E-state index is 0. The molecule has 4 heterocycles. The number of pyridine rings is 1. The Bertz CT molecular complexity index is 2760. The van der Waals surface area contributed by atoms with Crippen molar-refractivity contribution >= 4 is 43.6 Å². The number of aromatic nitrogens is 6. The molecule has 0 saturated heterocycles. The molecule has 0 atom stereocenters. The van der Waals surface area contributed by atoms with E-state index in [9.17, 15) is 0 Å². The summed E-state index contributed by atoms with van der Waals surface area (Å²) >= 11 is 0. The number of para-hydroxylation sites is 1. The molecular formula is C43H34N6OPt. The Labute approximate surface area is 310 Å². The van der Waals surface area contributed by atoms with Crippen molar-refractivity contribution in [3.05, 3.63) is 143 Å². The number of aryl methyl sites for hydroxylation is 5. The summed E-state index contributed by atoms with van der Waals surface area (Å²) in [5, 5.41) is 13.3. The van der Waals surface area contributed by atoms with Crippen molar-refractivity contribution < 1.29 is 25.8 Å². The summed E-state index contributed by atoms with van der Waals surface area (Å²) in [7, 11) is 0. The molecule has 252 valence electrons. The van der Waals surface area contributed by atoms with Gasteiger partial charge in [-0.3, -0.25) is 0 Å². The molecule has 4 aromatic heterocycles. The van der Waals surface area contributed by atoms with Crippen LogP contribution >= 0.6 is 0 Å². The van der Waals surface area contributed by atoms with Gasteiger partial charge < -0.3 is 13.9 Å². The molecular weight excluding hydrogens is 812 g/mol. The van der Waals surface area contributed by atoms with Crippen LogP contribution in [0, 0.1) is 53.7 Å². The van der Waals surface area contributed by atoms with E-state index in [4.69, 9.17) is 9.72 Å². The largest absolute Gasteiger partial charge is 2.00 e. The third-order valence-electron chi connectivity index (χ3n) is 9.97. The molecule has 0 aliphatic heterocycles. The number of benzene rings is 5. The van der Waals surface area contributed by atoms with E-state index in [0.29, 0.717) is 11.5 Å². The number of rotatable bonds is 5. The van der Waals surface area contributed by atoms with Crippen LogP contribution in [0.3, 0.4) is 0 Å². The number of hydrogen-bond donors (Lipinski definition) is 0. The molecule has 8 heteroatoms. The Morgan fingerprint density at radius 2 is 1.31 bits per heavy atom. The Morgan fingerprint density at radius 1 is 0.627 bits per heavy atom. The number of hydrogen-bond acceptors (Lipinski definition) is 4. The van der Waals surface area contributed by atoms with Crippen LogP contribution in [0.1, 0.15) is 33.6 Å². The summed E-state index contributed by atoms with van der Waals surface area (Å²) in [6, 6.07) is 38.4. The standard InChI is InChI=1S/C43H34N6O.Pt/c1-25-14-16-27(3)42-40(25)41-26(2)15-17-28(4)43(41)47(42)31-20-21-44-39(23-31)48-37-13-8-7-12-35(37)36-19-18-34(24-38(36)48)50-33-11-9-10-32(22-33)49-30(6)29(5)45-46-49;/h7-21,23H,1-6H3;/q-2;+2. The minimum absolute atomic E-state index is 0. The van der Waals surface area contributed by atoms with Crippen molar-refractivity contribution in [1.29, 1.82) is 0 Å². The molecule has 0 aliphatic rings. The molecule has 0 saturated carbocycles. The van der Waals surface area contributed by atoms with E-state index < -0.39 is 0 Å². The van der Waals surface area contributed by atoms with Crippen LogP contribution in [0.4, 0.5) is 0 Å². The second-order valence-electron chi connectivity index (χ2n) is 13.2. The zero-order chi connectivity index (χ0) is 34.3. The summed E-state index contributed by atoms with van der Waals surface area (Å²) in [5.74, 6) is 1.95. The number of ether oxygens (including phenoxy) is 1. The first-order chi connectivity index (χ1) is 24.3. The van der Waals surface area contributed by atoms with Gasteiger partial charge in [-0.25, -0.2) is 9.67 Å². The van der Waals surface area contributed by atoms with Gasteiger partial charge in [0.2, 0.25) is 0 Å². The van der Waals surface area contributed by atoms with E-state index in [1.165, 1.54) is 44.1 Å². The molecule has 0 unspecified atom stereocenters. The summed E-state index contributed by atoms with van der Waals surface area (Å²) in [6.07, 6.45) is 1.91. The van der Waals surface area contributed by atoms with E-state index in [0.717, 1.165) is 50.4 Å². The van der Waals surface area contributed by atoms with Gasteiger partial charge in [0.15, 0.2) is 0 Å². The normalized spacial score (nSPS) is 11.6. The Kier molecular flexibility index (Phi) is 7.92. The molecule has 0 radical (unpaired) electrons. The third kappa shape index (κ3) is 5.10.